The van der Waals surface area contributed by atoms with Crippen molar-refractivity contribution in [3.05, 3.63) is 64.2 Å². The van der Waals surface area contributed by atoms with Crippen molar-refractivity contribution in [2.24, 2.45) is 0 Å². The maximum absolute atomic E-state index is 11.1. The number of ether oxygens (including phenoxy) is 2. The van der Waals surface area contributed by atoms with Crippen molar-refractivity contribution < 1.29 is 19.7 Å². The van der Waals surface area contributed by atoms with Gasteiger partial charge in [-0.1, -0.05) is 23.8 Å². The number of aryl methyl sites for hydroxylation is 1. The fourth-order valence-electron chi connectivity index (χ4n) is 4.11. The number of phenols is 2. The highest BCUT2D eigenvalue weighted by Crippen LogP contribution is 2.48. The number of hydrogen-bond donors (Lipinski definition) is 2. The second kappa shape index (κ2) is 7.18. The van der Waals surface area contributed by atoms with Crippen LogP contribution in [0.3, 0.4) is 0 Å². The Kier molecular flexibility index (Phi) is 4.81. The fraction of sp³-hybridized carbons (Fsp3) is 0.360. The average Bonchev–Trinajstić information content (AvgIpc) is 2.67. The largest absolute Gasteiger partial charge is 0.508 e. The van der Waals surface area contributed by atoms with Crippen molar-refractivity contribution in [1.82, 2.24) is 0 Å². The van der Waals surface area contributed by atoms with Crippen LogP contribution >= 0.6 is 0 Å². The molecule has 0 aromatic heterocycles. The second-order valence-corrected chi connectivity index (χ2v) is 8.46. The lowest BCUT2D eigenvalue weighted by Gasteiger charge is -2.38. The lowest BCUT2D eigenvalue weighted by atomic mass is 9.81. The van der Waals surface area contributed by atoms with E-state index >= 15 is 0 Å². The third-order valence-electron chi connectivity index (χ3n) is 5.78. The Morgan fingerprint density at radius 2 is 2.03 bits per heavy atom. The van der Waals surface area contributed by atoms with Gasteiger partial charge in [0.2, 0.25) is 0 Å². The van der Waals surface area contributed by atoms with E-state index in [1.807, 2.05) is 39.0 Å². The summed E-state index contributed by atoms with van der Waals surface area (Å²) in [6.07, 6.45) is 8.25. The Bertz CT molecular complexity index is 1010. The van der Waals surface area contributed by atoms with Crippen LogP contribution < -0.4 is 9.47 Å². The highest BCUT2D eigenvalue weighted by atomic mass is 16.5. The van der Waals surface area contributed by atoms with Crippen LogP contribution in [0.15, 0.2) is 42.0 Å². The molecule has 2 N–H and O–H groups in total. The Hall–Kier alpha value is -2.88. The smallest absolute Gasteiger partial charge is 0.169 e. The monoisotopic (exact) mass is 392 g/mol. The molecule has 0 aliphatic carbocycles. The van der Waals surface area contributed by atoms with Crippen molar-refractivity contribution >= 4 is 6.08 Å². The predicted octanol–water partition coefficient (Wildman–Crippen LogP) is 5.64. The van der Waals surface area contributed by atoms with Crippen LogP contribution in [0.2, 0.25) is 0 Å². The molecule has 0 unspecified atom stereocenters. The van der Waals surface area contributed by atoms with Crippen LogP contribution in [-0.4, -0.2) is 16.3 Å². The molecule has 2 aliphatic heterocycles. The van der Waals surface area contributed by atoms with Gasteiger partial charge in [0.05, 0.1) is 0 Å². The maximum atomic E-state index is 11.1. The number of aromatic hydroxyl groups is 2. The van der Waals surface area contributed by atoms with E-state index < -0.39 is 5.60 Å². The lowest BCUT2D eigenvalue weighted by Crippen LogP contribution is -2.35. The van der Waals surface area contributed by atoms with E-state index in [0.29, 0.717) is 17.9 Å². The Morgan fingerprint density at radius 1 is 1.24 bits per heavy atom. The van der Waals surface area contributed by atoms with E-state index in [2.05, 4.69) is 19.1 Å². The molecule has 0 saturated heterocycles. The third kappa shape index (κ3) is 3.59. The first-order valence-corrected chi connectivity index (χ1v) is 10.2. The van der Waals surface area contributed by atoms with Gasteiger partial charge in [0, 0.05) is 22.8 Å². The Morgan fingerprint density at radius 3 is 2.79 bits per heavy atom. The number of fused-ring (bicyclic) bond motifs is 2. The quantitative estimate of drug-likeness (QED) is 0.664. The number of benzene rings is 2. The number of rotatable bonds is 3. The first-order valence-electron chi connectivity index (χ1n) is 10.2. The van der Waals surface area contributed by atoms with Crippen LogP contribution in [-0.2, 0) is 18.4 Å². The molecule has 4 nitrogen and oxygen atoms in total. The standard InChI is InChI=1S/C25H28O4/c1-15(2)5-10-20-21(13-18-7-6-16(3)28-24(18)23(20)27)25(4)12-11-17-8-9-19(26)14-22(17)29-25/h5-9,13-14,16,26-27H,10-12H2,1-4H3/t16-,25+/m1/s1. The molecule has 0 saturated carbocycles. The van der Waals surface area contributed by atoms with E-state index in [0.717, 1.165) is 35.1 Å². The molecule has 4 heteroatoms. The van der Waals surface area contributed by atoms with Gasteiger partial charge in [0.1, 0.15) is 23.2 Å². The van der Waals surface area contributed by atoms with Crippen molar-refractivity contribution in [3.8, 4) is 23.0 Å². The number of hydrogen-bond acceptors (Lipinski definition) is 4. The van der Waals surface area contributed by atoms with E-state index in [1.165, 1.54) is 5.57 Å². The molecule has 0 fully saturated rings. The topological polar surface area (TPSA) is 58.9 Å². The molecule has 0 amide bonds. The van der Waals surface area contributed by atoms with Gasteiger partial charge in [-0.3, -0.25) is 0 Å². The molecule has 2 atom stereocenters. The summed E-state index contributed by atoms with van der Waals surface area (Å²) in [7, 11) is 0. The first-order chi connectivity index (χ1) is 13.8. The Balaban J connectivity index is 1.85. The van der Waals surface area contributed by atoms with E-state index in [1.54, 1.807) is 12.1 Å². The summed E-state index contributed by atoms with van der Waals surface area (Å²) in [6.45, 7) is 8.11. The molecule has 2 aliphatic rings. The molecule has 4 rings (SSSR count). The highest BCUT2D eigenvalue weighted by molar-refractivity contribution is 5.69. The summed E-state index contributed by atoms with van der Waals surface area (Å²) >= 11 is 0. The minimum absolute atomic E-state index is 0.0769. The number of phenolic OH excluding ortho intramolecular Hbond substituents is 2. The van der Waals surface area contributed by atoms with Gasteiger partial charge < -0.3 is 19.7 Å². The molecule has 2 aromatic rings. The Labute approximate surface area is 172 Å². The van der Waals surface area contributed by atoms with E-state index in [-0.39, 0.29) is 17.6 Å². The van der Waals surface area contributed by atoms with Crippen LogP contribution in [0, 0.1) is 0 Å². The van der Waals surface area contributed by atoms with Gasteiger partial charge >= 0.3 is 0 Å². The van der Waals surface area contributed by atoms with E-state index in [9.17, 15) is 10.2 Å². The van der Waals surface area contributed by atoms with Crippen LogP contribution in [0.1, 0.15) is 56.4 Å². The zero-order valence-electron chi connectivity index (χ0n) is 17.5. The summed E-state index contributed by atoms with van der Waals surface area (Å²) in [6, 6.07) is 7.36. The van der Waals surface area contributed by atoms with Crippen LogP contribution in [0.5, 0.6) is 23.0 Å². The highest BCUT2D eigenvalue weighted by Gasteiger charge is 2.37. The van der Waals surface area contributed by atoms with E-state index in [4.69, 9.17) is 9.47 Å². The van der Waals surface area contributed by atoms with Crippen LogP contribution in [0.25, 0.3) is 6.08 Å². The molecular weight excluding hydrogens is 364 g/mol. The summed E-state index contributed by atoms with van der Waals surface area (Å²) in [4.78, 5) is 0. The van der Waals surface area contributed by atoms with Crippen LogP contribution in [0.4, 0.5) is 0 Å². The van der Waals surface area contributed by atoms with Gasteiger partial charge in [0.15, 0.2) is 11.5 Å². The maximum Gasteiger partial charge on any atom is 0.169 e. The molecular formula is C25H28O4. The zero-order valence-corrected chi connectivity index (χ0v) is 17.5. The van der Waals surface area contributed by atoms with Crippen molar-refractivity contribution in [1.29, 1.82) is 0 Å². The van der Waals surface area contributed by atoms with Gasteiger partial charge in [-0.2, -0.15) is 0 Å². The third-order valence-corrected chi connectivity index (χ3v) is 5.78. The SMILES string of the molecule is CC(C)=CCc1c([C@]2(C)CCc3ccc(O)cc3O2)cc2c(c1O)O[C@H](C)C=C2. The average molecular weight is 392 g/mol. The fourth-order valence-corrected chi connectivity index (χ4v) is 4.11. The number of allylic oxidation sites excluding steroid dienone is 2. The summed E-state index contributed by atoms with van der Waals surface area (Å²) < 4.78 is 12.4. The molecule has 0 bridgehead atoms. The molecule has 152 valence electrons. The van der Waals surface area contributed by atoms with Gasteiger partial charge in [-0.15, -0.1) is 0 Å². The predicted molar refractivity (Wildman–Crippen MR) is 115 cm³/mol. The molecule has 2 heterocycles. The van der Waals surface area contributed by atoms with Gasteiger partial charge in [-0.25, -0.2) is 0 Å². The molecule has 29 heavy (non-hydrogen) atoms. The lowest BCUT2D eigenvalue weighted by molar-refractivity contribution is 0.0610. The summed E-state index contributed by atoms with van der Waals surface area (Å²) in [5.41, 5.74) is 4.32. The normalized spacial score (nSPS) is 22.1. The van der Waals surface area contributed by atoms with Crippen molar-refractivity contribution in [2.75, 3.05) is 0 Å². The minimum atomic E-state index is -0.616. The zero-order chi connectivity index (χ0) is 20.8. The van der Waals surface area contributed by atoms with Gasteiger partial charge in [-0.05, 0) is 70.7 Å². The molecule has 0 spiro atoms. The summed E-state index contributed by atoms with van der Waals surface area (Å²) in [5.74, 6) is 1.62. The molecule has 2 aromatic carbocycles. The minimum Gasteiger partial charge on any atom is -0.508 e. The van der Waals surface area contributed by atoms with Crippen molar-refractivity contribution in [3.63, 3.8) is 0 Å². The second-order valence-electron chi connectivity index (χ2n) is 8.46. The van der Waals surface area contributed by atoms with Gasteiger partial charge in [0.25, 0.3) is 0 Å². The summed E-state index contributed by atoms with van der Waals surface area (Å²) in [5, 5.41) is 21.0. The first kappa shape index (κ1) is 19.4. The van der Waals surface area contributed by atoms with Crippen molar-refractivity contribution in [2.45, 2.75) is 58.7 Å². The molecule has 0 radical (unpaired) electrons.